The molecule has 0 atom stereocenters. The maximum atomic E-state index is 12.0. The number of furan rings is 1. The first-order valence-electron chi connectivity index (χ1n) is 6.52. The van der Waals surface area contributed by atoms with Gasteiger partial charge in [-0.2, -0.15) is 5.26 Å². The number of hydrogen-bond donors (Lipinski definition) is 1. The van der Waals surface area contributed by atoms with Gasteiger partial charge >= 0.3 is 0 Å². The minimum atomic E-state index is -0.198. The number of thiophene rings is 1. The van der Waals surface area contributed by atoms with E-state index in [0.29, 0.717) is 27.3 Å². The van der Waals surface area contributed by atoms with Crippen LogP contribution in [0.1, 0.15) is 5.56 Å². The molecule has 0 aliphatic carbocycles. The van der Waals surface area contributed by atoms with Gasteiger partial charge in [-0.15, -0.1) is 21.5 Å². The van der Waals surface area contributed by atoms with Crippen molar-refractivity contribution in [2.75, 3.05) is 11.1 Å². The van der Waals surface area contributed by atoms with Crippen LogP contribution in [0.3, 0.4) is 0 Å². The lowest BCUT2D eigenvalue weighted by atomic mass is 10.3. The normalized spacial score (nSPS) is 10.4. The molecule has 23 heavy (non-hydrogen) atoms. The molecule has 1 N–H and O–H groups in total. The first kappa shape index (κ1) is 15.3. The second-order valence-electron chi connectivity index (χ2n) is 4.45. The Morgan fingerprint density at radius 1 is 1.52 bits per heavy atom. The molecule has 3 aromatic heterocycles. The Balaban J connectivity index is 1.63. The molecule has 7 nitrogen and oxygen atoms in total. The second kappa shape index (κ2) is 6.68. The smallest absolute Gasteiger partial charge is 0.235 e. The van der Waals surface area contributed by atoms with E-state index in [4.69, 9.17) is 9.68 Å². The lowest BCUT2D eigenvalue weighted by Crippen LogP contribution is -2.14. The Morgan fingerprint density at radius 3 is 3.13 bits per heavy atom. The summed E-state index contributed by atoms with van der Waals surface area (Å²) in [4.78, 5) is 12.0. The van der Waals surface area contributed by atoms with Gasteiger partial charge in [-0.05, 0) is 23.6 Å². The van der Waals surface area contributed by atoms with E-state index >= 15 is 0 Å². The molecule has 0 fully saturated rings. The van der Waals surface area contributed by atoms with Gasteiger partial charge in [0.1, 0.15) is 11.1 Å². The Morgan fingerprint density at radius 2 is 2.39 bits per heavy atom. The van der Waals surface area contributed by atoms with E-state index in [2.05, 4.69) is 15.5 Å². The Labute approximate surface area is 139 Å². The number of rotatable bonds is 5. The Bertz CT molecular complexity index is 860. The summed E-state index contributed by atoms with van der Waals surface area (Å²) in [6.45, 7) is 0. The van der Waals surface area contributed by atoms with Gasteiger partial charge in [0.05, 0.1) is 17.6 Å². The molecule has 0 spiro atoms. The number of aromatic nitrogens is 3. The van der Waals surface area contributed by atoms with Crippen molar-refractivity contribution in [2.24, 2.45) is 7.05 Å². The summed E-state index contributed by atoms with van der Waals surface area (Å²) in [7, 11) is 1.81. The third kappa shape index (κ3) is 3.28. The quantitative estimate of drug-likeness (QED) is 0.714. The second-order valence-corrected chi connectivity index (χ2v) is 6.31. The molecule has 0 saturated heterocycles. The Hall–Kier alpha value is -2.57. The van der Waals surface area contributed by atoms with Crippen LogP contribution in [0.25, 0.3) is 11.6 Å². The van der Waals surface area contributed by atoms with E-state index in [1.807, 2.05) is 13.1 Å². The monoisotopic (exact) mass is 345 g/mol. The number of carbonyl (C=O) groups excluding carboxylic acids is 1. The summed E-state index contributed by atoms with van der Waals surface area (Å²) >= 11 is 2.59. The molecule has 0 saturated carbocycles. The zero-order chi connectivity index (χ0) is 16.2. The third-order valence-electron chi connectivity index (χ3n) is 2.95. The number of hydrogen-bond acceptors (Lipinski definition) is 7. The van der Waals surface area contributed by atoms with Crippen molar-refractivity contribution in [3.05, 3.63) is 35.4 Å². The highest BCUT2D eigenvalue weighted by atomic mass is 32.2. The summed E-state index contributed by atoms with van der Waals surface area (Å²) in [6.07, 6.45) is 1.57. The van der Waals surface area contributed by atoms with Crippen molar-refractivity contribution in [1.29, 1.82) is 5.26 Å². The molecule has 3 aromatic rings. The number of nitrogens with one attached hydrogen (secondary N) is 1. The molecule has 0 bridgehead atoms. The fraction of sp³-hybridized carbons (Fsp3) is 0.143. The van der Waals surface area contributed by atoms with E-state index in [1.54, 1.807) is 34.4 Å². The van der Waals surface area contributed by atoms with Crippen LogP contribution in [0, 0.1) is 11.3 Å². The predicted octanol–water partition coefficient (Wildman–Crippen LogP) is 2.74. The fourth-order valence-electron chi connectivity index (χ4n) is 1.85. The summed E-state index contributed by atoms with van der Waals surface area (Å²) in [5.41, 5.74) is 0.465. The first-order chi connectivity index (χ1) is 11.2. The number of anilines is 1. The first-order valence-corrected chi connectivity index (χ1v) is 8.39. The fourth-order valence-corrected chi connectivity index (χ4v) is 3.31. The maximum absolute atomic E-state index is 12.0. The number of thioether (sulfide) groups is 1. The highest BCUT2D eigenvalue weighted by Crippen LogP contribution is 2.25. The van der Waals surface area contributed by atoms with Gasteiger partial charge in [-0.1, -0.05) is 11.8 Å². The summed E-state index contributed by atoms with van der Waals surface area (Å²) in [6, 6.07) is 7.28. The molecule has 9 heteroatoms. The zero-order valence-corrected chi connectivity index (χ0v) is 13.6. The van der Waals surface area contributed by atoms with Crippen molar-refractivity contribution in [1.82, 2.24) is 14.8 Å². The lowest BCUT2D eigenvalue weighted by molar-refractivity contribution is -0.113. The molecule has 0 aliphatic rings. The van der Waals surface area contributed by atoms with Crippen LogP contribution < -0.4 is 5.32 Å². The van der Waals surface area contributed by atoms with Gasteiger partial charge in [0.15, 0.2) is 16.7 Å². The van der Waals surface area contributed by atoms with Crippen LogP contribution >= 0.6 is 23.1 Å². The Kier molecular flexibility index (Phi) is 4.45. The van der Waals surface area contributed by atoms with Crippen LogP contribution in [-0.4, -0.2) is 26.4 Å². The molecule has 0 aliphatic heterocycles. The number of carbonyl (C=O) groups is 1. The average molecular weight is 345 g/mol. The largest absolute Gasteiger partial charge is 0.461 e. The van der Waals surface area contributed by atoms with Gasteiger partial charge in [0, 0.05) is 7.05 Å². The molecular weight excluding hydrogens is 334 g/mol. The predicted molar refractivity (Wildman–Crippen MR) is 87.1 cm³/mol. The summed E-state index contributed by atoms with van der Waals surface area (Å²) in [5, 5.41) is 22.7. The van der Waals surface area contributed by atoms with Crippen LogP contribution in [0.4, 0.5) is 5.00 Å². The standard InChI is InChI=1S/C14H11N5O2S2/c1-19-12(10-3-2-5-21-10)17-18-14(19)23-8-11(20)16-13-9(7-15)4-6-22-13/h2-6H,8H2,1H3,(H,16,20). The van der Waals surface area contributed by atoms with Gasteiger partial charge in [-0.3, -0.25) is 4.79 Å². The zero-order valence-electron chi connectivity index (χ0n) is 12.0. The van der Waals surface area contributed by atoms with E-state index in [-0.39, 0.29) is 11.7 Å². The molecule has 0 unspecified atom stereocenters. The lowest BCUT2D eigenvalue weighted by Gasteiger charge is -2.03. The SMILES string of the molecule is Cn1c(SCC(=O)Nc2sccc2C#N)nnc1-c1ccco1. The topological polar surface area (TPSA) is 96.7 Å². The molecule has 0 aromatic carbocycles. The van der Waals surface area contributed by atoms with Crippen molar-refractivity contribution in [2.45, 2.75) is 5.16 Å². The minimum absolute atomic E-state index is 0.174. The van der Waals surface area contributed by atoms with Crippen LogP contribution in [0.5, 0.6) is 0 Å². The minimum Gasteiger partial charge on any atom is -0.461 e. The van der Waals surface area contributed by atoms with Gasteiger partial charge in [0.25, 0.3) is 0 Å². The van der Waals surface area contributed by atoms with E-state index in [0.717, 1.165) is 0 Å². The van der Waals surface area contributed by atoms with Crippen molar-refractivity contribution >= 4 is 34.0 Å². The van der Waals surface area contributed by atoms with Crippen molar-refractivity contribution in [3.63, 3.8) is 0 Å². The maximum Gasteiger partial charge on any atom is 0.235 e. The molecule has 116 valence electrons. The molecule has 1 amide bonds. The summed E-state index contributed by atoms with van der Waals surface area (Å²) < 4.78 is 7.06. The van der Waals surface area contributed by atoms with E-state index in [9.17, 15) is 4.79 Å². The van der Waals surface area contributed by atoms with Gasteiger partial charge in [-0.25, -0.2) is 0 Å². The third-order valence-corrected chi connectivity index (χ3v) is 4.80. The van der Waals surface area contributed by atoms with Crippen molar-refractivity contribution < 1.29 is 9.21 Å². The van der Waals surface area contributed by atoms with E-state index in [1.165, 1.54) is 23.1 Å². The van der Waals surface area contributed by atoms with E-state index < -0.39 is 0 Å². The van der Waals surface area contributed by atoms with Crippen LogP contribution in [0.2, 0.25) is 0 Å². The van der Waals surface area contributed by atoms with Gasteiger partial charge < -0.3 is 14.3 Å². The van der Waals surface area contributed by atoms with Gasteiger partial charge in [0.2, 0.25) is 5.91 Å². The van der Waals surface area contributed by atoms with Crippen LogP contribution in [0.15, 0.2) is 39.4 Å². The number of nitriles is 1. The molecule has 0 radical (unpaired) electrons. The highest BCUT2D eigenvalue weighted by Gasteiger charge is 2.15. The van der Waals surface area contributed by atoms with Crippen molar-refractivity contribution in [3.8, 4) is 17.7 Å². The van der Waals surface area contributed by atoms with Crippen LogP contribution in [-0.2, 0) is 11.8 Å². The average Bonchev–Trinajstić information content (AvgIpc) is 3.26. The molecular formula is C14H11N5O2S2. The highest BCUT2D eigenvalue weighted by molar-refractivity contribution is 7.99. The number of nitrogens with zero attached hydrogens (tertiary/aromatic N) is 4. The summed E-state index contributed by atoms with van der Waals surface area (Å²) in [5.74, 6) is 1.19. The molecule has 3 rings (SSSR count). The molecule has 3 heterocycles. The number of amides is 1.